The van der Waals surface area contributed by atoms with Crippen LogP contribution in [0.2, 0.25) is 0 Å². The molecule has 1 aromatic rings. The van der Waals surface area contributed by atoms with Gasteiger partial charge >= 0.3 is 0 Å². The zero-order valence-corrected chi connectivity index (χ0v) is 8.72. The Morgan fingerprint density at radius 1 is 1.58 bits per heavy atom. The maximum Gasteiger partial charge on any atom is 0.283 e. The normalized spacial score (nSPS) is 9.92. The lowest BCUT2D eigenvalue weighted by Crippen LogP contribution is -1.91. The molecule has 0 saturated heterocycles. The van der Waals surface area contributed by atoms with Crippen molar-refractivity contribution >= 4 is 34.2 Å². The van der Waals surface area contributed by atoms with E-state index < -0.39 is 4.92 Å². The van der Waals surface area contributed by atoms with Gasteiger partial charge < -0.3 is 0 Å². The van der Waals surface area contributed by atoms with Gasteiger partial charge in [0.25, 0.3) is 5.69 Å². The lowest BCUT2D eigenvalue weighted by Gasteiger charge is -2.01. The van der Waals surface area contributed by atoms with Gasteiger partial charge in [0.05, 0.1) is 9.82 Å². The first kappa shape index (κ1) is 9.54. The molecule has 0 aliphatic heterocycles. The predicted molar refractivity (Wildman–Crippen MR) is 52.8 cm³/mol. The molecule has 0 saturated carbocycles. The highest BCUT2D eigenvalue weighted by molar-refractivity contribution is 9.10. The van der Waals surface area contributed by atoms with Gasteiger partial charge in [-0.3, -0.25) is 10.1 Å². The van der Waals surface area contributed by atoms with Crippen molar-refractivity contribution in [3.8, 4) is 0 Å². The van der Waals surface area contributed by atoms with Gasteiger partial charge in [-0.1, -0.05) is 6.07 Å². The molecule has 1 rings (SSSR count). The lowest BCUT2D eigenvalue weighted by molar-refractivity contribution is -0.387. The summed E-state index contributed by atoms with van der Waals surface area (Å²) in [5.74, 6) is 0. The molecule has 0 aromatic heterocycles. The van der Waals surface area contributed by atoms with E-state index in [2.05, 4.69) is 28.6 Å². The summed E-state index contributed by atoms with van der Waals surface area (Å²) < 4.78 is 0.681. The molecule has 64 valence electrons. The monoisotopic (exact) mass is 247 g/mol. The van der Waals surface area contributed by atoms with Crippen LogP contribution in [0.15, 0.2) is 21.5 Å². The van der Waals surface area contributed by atoms with Gasteiger partial charge in [-0.2, -0.15) is 0 Å². The van der Waals surface area contributed by atoms with Crippen molar-refractivity contribution in [3.05, 3.63) is 32.3 Å². The average Bonchev–Trinajstić information content (AvgIpc) is 2.00. The number of hydrogen-bond acceptors (Lipinski definition) is 3. The molecule has 0 bridgehead atoms. The zero-order valence-electron chi connectivity index (χ0n) is 6.24. The molecule has 5 heteroatoms. The van der Waals surface area contributed by atoms with Gasteiger partial charge in [-0.05, 0) is 28.4 Å². The number of halogens is 1. The Hall–Kier alpha value is -0.550. The molecule has 0 atom stereocenters. The molecule has 0 fully saturated rings. The molecule has 0 aliphatic carbocycles. The highest BCUT2D eigenvalue weighted by Gasteiger charge is 2.14. The Bertz CT molecular complexity index is 340. The summed E-state index contributed by atoms with van der Waals surface area (Å²) in [6.45, 7) is 1.85. The van der Waals surface area contributed by atoms with Gasteiger partial charge in [-0.15, -0.1) is 12.6 Å². The van der Waals surface area contributed by atoms with Crippen molar-refractivity contribution in [2.45, 2.75) is 11.8 Å². The van der Waals surface area contributed by atoms with E-state index in [1.807, 2.05) is 6.92 Å². The van der Waals surface area contributed by atoms with E-state index in [1.165, 1.54) is 6.07 Å². The molecule has 12 heavy (non-hydrogen) atoms. The molecule has 0 amide bonds. The Labute approximate surface area is 83.5 Å². The Morgan fingerprint density at radius 3 is 2.67 bits per heavy atom. The molecule has 0 heterocycles. The number of nitro groups is 1. The first-order chi connectivity index (χ1) is 5.54. The number of nitro benzene ring substituents is 1. The van der Waals surface area contributed by atoms with Crippen LogP contribution in [0, 0.1) is 17.0 Å². The van der Waals surface area contributed by atoms with Crippen LogP contribution in [0.3, 0.4) is 0 Å². The van der Waals surface area contributed by atoms with Gasteiger partial charge in [0.1, 0.15) is 0 Å². The predicted octanol–water partition coefficient (Wildman–Crippen LogP) is 2.95. The summed E-state index contributed by atoms with van der Waals surface area (Å²) in [5.41, 5.74) is 0.960. The van der Waals surface area contributed by atoms with E-state index in [0.29, 0.717) is 9.37 Å². The van der Waals surface area contributed by atoms with Crippen LogP contribution in [0.5, 0.6) is 0 Å². The highest BCUT2D eigenvalue weighted by Crippen LogP contribution is 2.32. The molecule has 0 radical (unpaired) electrons. The van der Waals surface area contributed by atoms with Gasteiger partial charge in [0.2, 0.25) is 0 Å². The summed E-state index contributed by atoms with van der Waals surface area (Å²) in [7, 11) is 0. The first-order valence-electron chi connectivity index (χ1n) is 3.16. The smallest absolute Gasteiger partial charge is 0.258 e. The first-order valence-corrected chi connectivity index (χ1v) is 4.40. The van der Waals surface area contributed by atoms with E-state index in [0.717, 1.165) is 5.56 Å². The standard InChI is InChI=1S/C7H6BrNO2S/c1-4-2-3-5(9(10)11)7(12)6(4)8/h2-3,12H,1H3. The van der Waals surface area contributed by atoms with E-state index in [4.69, 9.17) is 0 Å². The number of nitrogens with zero attached hydrogens (tertiary/aromatic N) is 1. The van der Waals surface area contributed by atoms with Crippen LogP contribution in [0.1, 0.15) is 5.56 Å². The number of aryl methyl sites for hydroxylation is 1. The maximum absolute atomic E-state index is 10.4. The highest BCUT2D eigenvalue weighted by atomic mass is 79.9. The second-order valence-electron chi connectivity index (χ2n) is 2.32. The summed E-state index contributed by atoms with van der Waals surface area (Å²) in [5, 5.41) is 10.4. The molecule has 0 unspecified atom stereocenters. The molecular weight excluding hydrogens is 242 g/mol. The van der Waals surface area contributed by atoms with Gasteiger partial charge in [0, 0.05) is 10.5 Å². The summed E-state index contributed by atoms with van der Waals surface area (Å²) in [4.78, 5) is 10.3. The third-order valence-corrected chi connectivity index (χ3v) is 3.27. The largest absolute Gasteiger partial charge is 0.283 e. The third-order valence-electron chi connectivity index (χ3n) is 1.48. The van der Waals surface area contributed by atoms with E-state index >= 15 is 0 Å². The summed E-state index contributed by atoms with van der Waals surface area (Å²) >= 11 is 7.25. The fourth-order valence-electron chi connectivity index (χ4n) is 0.803. The molecule has 1 aromatic carbocycles. The quantitative estimate of drug-likeness (QED) is 0.471. The van der Waals surface area contributed by atoms with Crippen LogP contribution in [-0.2, 0) is 0 Å². The lowest BCUT2D eigenvalue weighted by atomic mass is 10.2. The number of rotatable bonds is 1. The van der Waals surface area contributed by atoms with Crippen LogP contribution in [0.25, 0.3) is 0 Å². The van der Waals surface area contributed by atoms with Crippen LogP contribution in [0.4, 0.5) is 5.69 Å². The molecule has 0 spiro atoms. The SMILES string of the molecule is Cc1ccc([N+](=O)[O-])c(S)c1Br. The van der Waals surface area contributed by atoms with Crippen LogP contribution >= 0.6 is 28.6 Å². The number of hydrogen-bond donors (Lipinski definition) is 1. The maximum atomic E-state index is 10.4. The zero-order chi connectivity index (χ0) is 9.30. The van der Waals surface area contributed by atoms with Crippen LogP contribution in [-0.4, -0.2) is 4.92 Å². The van der Waals surface area contributed by atoms with Crippen molar-refractivity contribution in [1.29, 1.82) is 0 Å². The van der Waals surface area contributed by atoms with Crippen LogP contribution < -0.4 is 0 Å². The summed E-state index contributed by atoms with van der Waals surface area (Å²) in [6, 6.07) is 3.13. The minimum absolute atomic E-state index is 0.0239. The van der Waals surface area contributed by atoms with Crippen molar-refractivity contribution in [1.82, 2.24) is 0 Å². The molecule has 0 N–H and O–H groups in total. The molecule has 0 aliphatic rings. The van der Waals surface area contributed by atoms with Crippen molar-refractivity contribution in [3.63, 3.8) is 0 Å². The fourth-order valence-corrected chi connectivity index (χ4v) is 1.47. The van der Waals surface area contributed by atoms with Crippen molar-refractivity contribution < 1.29 is 4.92 Å². The van der Waals surface area contributed by atoms with Gasteiger partial charge in [-0.25, -0.2) is 0 Å². The summed E-state index contributed by atoms with van der Waals surface area (Å²) in [6.07, 6.45) is 0. The van der Waals surface area contributed by atoms with E-state index in [-0.39, 0.29) is 5.69 Å². The Balaban J connectivity index is 3.36. The number of benzene rings is 1. The minimum Gasteiger partial charge on any atom is -0.258 e. The topological polar surface area (TPSA) is 43.1 Å². The van der Waals surface area contributed by atoms with E-state index in [9.17, 15) is 10.1 Å². The number of thiol groups is 1. The van der Waals surface area contributed by atoms with Gasteiger partial charge in [0.15, 0.2) is 0 Å². The molecule has 3 nitrogen and oxygen atoms in total. The third kappa shape index (κ3) is 1.61. The average molecular weight is 248 g/mol. The fraction of sp³-hybridized carbons (Fsp3) is 0.143. The van der Waals surface area contributed by atoms with E-state index in [1.54, 1.807) is 6.07 Å². The van der Waals surface area contributed by atoms with Crippen molar-refractivity contribution in [2.24, 2.45) is 0 Å². The Morgan fingerprint density at radius 2 is 2.17 bits per heavy atom. The minimum atomic E-state index is -0.452. The second kappa shape index (κ2) is 3.45. The second-order valence-corrected chi connectivity index (χ2v) is 3.56. The Kier molecular flexibility index (Phi) is 2.74. The molecular formula is C7H6BrNO2S. The van der Waals surface area contributed by atoms with Crippen molar-refractivity contribution in [2.75, 3.05) is 0 Å².